The minimum Gasteiger partial charge on any atom is -0.490 e. The Balaban J connectivity index is 1.54. The molecule has 0 aliphatic carbocycles. The van der Waals surface area contributed by atoms with E-state index in [-0.39, 0.29) is 30.1 Å². The minimum absolute atomic E-state index is 0.233. The van der Waals surface area contributed by atoms with Gasteiger partial charge in [0, 0.05) is 3.57 Å². The molecule has 0 aromatic heterocycles. The summed E-state index contributed by atoms with van der Waals surface area (Å²) in [5, 5.41) is -0.293. The van der Waals surface area contributed by atoms with Crippen molar-refractivity contribution in [3.8, 4) is 11.5 Å². The Bertz CT molecular complexity index is 1280. The normalized spacial score (nSPS) is 14.6. The first-order valence-corrected chi connectivity index (χ1v) is 13.6. The van der Waals surface area contributed by atoms with Crippen molar-refractivity contribution in [3.05, 3.63) is 95.2 Å². The molecule has 0 bridgehead atoms. The van der Waals surface area contributed by atoms with Crippen LogP contribution >= 0.6 is 56.9 Å². The van der Waals surface area contributed by atoms with E-state index in [0.717, 1.165) is 35.6 Å². The lowest BCUT2D eigenvalue weighted by molar-refractivity contribution is -0.123. The lowest BCUT2D eigenvalue weighted by Crippen LogP contribution is -2.27. The van der Waals surface area contributed by atoms with E-state index in [1.165, 1.54) is 17.0 Å². The molecule has 9 heteroatoms. The molecule has 0 atom stereocenters. The van der Waals surface area contributed by atoms with Crippen LogP contribution in [0.2, 0.25) is 0 Å². The van der Waals surface area contributed by atoms with Crippen molar-refractivity contribution in [1.29, 1.82) is 0 Å². The SMILES string of the molecule is CCOc1cc(/C=C2\SC(=O)N(Cc3ccc(I)cc3)C2=O)cc(I)c1OCc1ccc(F)cc1. The van der Waals surface area contributed by atoms with Crippen molar-refractivity contribution in [2.75, 3.05) is 6.61 Å². The number of imide groups is 1. The second kappa shape index (κ2) is 11.7. The van der Waals surface area contributed by atoms with Gasteiger partial charge >= 0.3 is 0 Å². The van der Waals surface area contributed by atoms with E-state index in [0.29, 0.717) is 23.0 Å². The van der Waals surface area contributed by atoms with Crippen LogP contribution in [0.1, 0.15) is 23.6 Å². The van der Waals surface area contributed by atoms with Crippen molar-refractivity contribution < 1.29 is 23.5 Å². The summed E-state index contributed by atoms with van der Waals surface area (Å²) < 4.78 is 26.8. The Hall–Kier alpha value is -2.12. The predicted octanol–water partition coefficient (Wildman–Crippen LogP) is 7.25. The third-order valence-electron chi connectivity index (χ3n) is 5.05. The number of amides is 2. The third-order valence-corrected chi connectivity index (χ3v) is 7.48. The van der Waals surface area contributed by atoms with E-state index in [1.807, 2.05) is 37.3 Å². The number of ether oxygens (including phenoxy) is 2. The Morgan fingerprint density at radius 2 is 1.66 bits per heavy atom. The van der Waals surface area contributed by atoms with Gasteiger partial charge in [0.25, 0.3) is 11.1 Å². The number of carbonyl (C=O) groups excluding carboxylic acids is 2. The van der Waals surface area contributed by atoms with Crippen LogP contribution in [0.15, 0.2) is 65.6 Å². The average molecular weight is 715 g/mol. The van der Waals surface area contributed by atoms with E-state index in [4.69, 9.17) is 9.47 Å². The molecule has 1 fully saturated rings. The second-order valence-corrected chi connectivity index (χ2v) is 11.0. The second-order valence-electron chi connectivity index (χ2n) is 7.57. The largest absolute Gasteiger partial charge is 0.490 e. The van der Waals surface area contributed by atoms with Gasteiger partial charge in [-0.1, -0.05) is 24.3 Å². The maximum Gasteiger partial charge on any atom is 0.293 e. The molecule has 0 N–H and O–H groups in total. The minimum atomic E-state index is -0.317. The lowest BCUT2D eigenvalue weighted by atomic mass is 10.1. The molecular formula is C26H20FI2NO4S. The van der Waals surface area contributed by atoms with E-state index >= 15 is 0 Å². The Labute approximate surface area is 234 Å². The highest BCUT2D eigenvalue weighted by Crippen LogP contribution is 2.38. The van der Waals surface area contributed by atoms with Gasteiger partial charge in [0.15, 0.2) is 11.5 Å². The molecule has 180 valence electrons. The topological polar surface area (TPSA) is 55.8 Å². The van der Waals surface area contributed by atoms with Gasteiger partial charge in [0.1, 0.15) is 12.4 Å². The molecule has 0 spiro atoms. The van der Waals surface area contributed by atoms with Crippen LogP contribution in [0.5, 0.6) is 11.5 Å². The Morgan fingerprint density at radius 1 is 0.971 bits per heavy atom. The highest BCUT2D eigenvalue weighted by molar-refractivity contribution is 14.1. The van der Waals surface area contributed by atoms with E-state index in [2.05, 4.69) is 45.2 Å². The zero-order valence-electron chi connectivity index (χ0n) is 18.6. The summed E-state index contributed by atoms with van der Waals surface area (Å²) in [5.41, 5.74) is 2.45. The monoisotopic (exact) mass is 715 g/mol. The lowest BCUT2D eigenvalue weighted by Gasteiger charge is -2.15. The maximum atomic E-state index is 13.2. The van der Waals surface area contributed by atoms with Crippen LogP contribution in [0.3, 0.4) is 0 Å². The summed E-state index contributed by atoms with van der Waals surface area (Å²) in [6.07, 6.45) is 1.70. The maximum absolute atomic E-state index is 13.2. The van der Waals surface area contributed by atoms with Crippen LogP contribution in [-0.2, 0) is 17.9 Å². The van der Waals surface area contributed by atoms with Gasteiger partial charge in [-0.3, -0.25) is 14.5 Å². The van der Waals surface area contributed by atoms with Crippen molar-refractivity contribution in [2.45, 2.75) is 20.1 Å². The average Bonchev–Trinajstić information content (AvgIpc) is 3.08. The first kappa shape index (κ1) is 26.0. The number of hydrogen-bond donors (Lipinski definition) is 0. The summed E-state index contributed by atoms with van der Waals surface area (Å²) in [7, 11) is 0. The van der Waals surface area contributed by atoms with Crippen molar-refractivity contribution in [1.82, 2.24) is 4.90 Å². The molecule has 0 saturated carbocycles. The molecule has 35 heavy (non-hydrogen) atoms. The molecule has 0 unspecified atom stereocenters. The fourth-order valence-corrected chi connectivity index (χ4v) is 5.35. The first-order valence-electron chi connectivity index (χ1n) is 10.7. The van der Waals surface area contributed by atoms with E-state index < -0.39 is 0 Å². The Morgan fingerprint density at radius 3 is 2.34 bits per heavy atom. The molecule has 3 aromatic rings. The summed E-state index contributed by atoms with van der Waals surface area (Å²) in [6, 6.07) is 17.5. The highest BCUT2D eigenvalue weighted by Gasteiger charge is 2.35. The molecule has 0 radical (unpaired) electrons. The van der Waals surface area contributed by atoms with Gasteiger partial charge in [0.2, 0.25) is 0 Å². The molecule has 5 nitrogen and oxygen atoms in total. The number of nitrogens with zero attached hydrogens (tertiary/aromatic N) is 1. The third kappa shape index (κ3) is 6.56. The molecule has 2 amide bonds. The molecular weight excluding hydrogens is 695 g/mol. The van der Waals surface area contributed by atoms with Crippen molar-refractivity contribution in [2.24, 2.45) is 0 Å². The number of hydrogen-bond acceptors (Lipinski definition) is 5. The van der Waals surface area contributed by atoms with Gasteiger partial charge in [-0.25, -0.2) is 4.39 Å². The molecule has 3 aromatic carbocycles. The quantitative estimate of drug-likeness (QED) is 0.182. The highest BCUT2D eigenvalue weighted by atomic mass is 127. The summed E-state index contributed by atoms with van der Waals surface area (Å²) >= 11 is 5.30. The molecule has 1 heterocycles. The van der Waals surface area contributed by atoms with E-state index in [9.17, 15) is 14.0 Å². The van der Waals surface area contributed by atoms with Crippen LogP contribution in [0, 0.1) is 13.0 Å². The van der Waals surface area contributed by atoms with Gasteiger partial charge in [0.05, 0.1) is 21.6 Å². The fraction of sp³-hybridized carbons (Fsp3) is 0.154. The number of halogens is 3. The number of rotatable bonds is 8. The van der Waals surface area contributed by atoms with Crippen LogP contribution in [0.25, 0.3) is 6.08 Å². The van der Waals surface area contributed by atoms with Crippen molar-refractivity contribution in [3.63, 3.8) is 0 Å². The molecule has 1 saturated heterocycles. The first-order chi connectivity index (χ1) is 16.8. The van der Waals surface area contributed by atoms with Gasteiger partial charge in [-0.05, 0) is 123 Å². The summed E-state index contributed by atoms with van der Waals surface area (Å²) in [6.45, 7) is 2.79. The van der Waals surface area contributed by atoms with E-state index in [1.54, 1.807) is 24.3 Å². The summed E-state index contributed by atoms with van der Waals surface area (Å²) in [5.74, 6) is 0.486. The number of thioether (sulfide) groups is 1. The fourth-order valence-electron chi connectivity index (χ4n) is 3.37. The predicted molar refractivity (Wildman–Crippen MR) is 152 cm³/mol. The number of benzene rings is 3. The van der Waals surface area contributed by atoms with Gasteiger partial charge in [-0.2, -0.15) is 0 Å². The van der Waals surface area contributed by atoms with Crippen LogP contribution in [0.4, 0.5) is 9.18 Å². The summed E-state index contributed by atoms with van der Waals surface area (Å²) in [4.78, 5) is 27.1. The van der Waals surface area contributed by atoms with Crippen LogP contribution < -0.4 is 9.47 Å². The van der Waals surface area contributed by atoms with Gasteiger partial charge < -0.3 is 9.47 Å². The zero-order valence-corrected chi connectivity index (χ0v) is 23.7. The van der Waals surface area contributed by atoms with Gasteiger partial charge in [-0.15, -0.1) is 0 Å². The smallest absolute Gasteiger partial charge is 0.293 e. The number of carbonyl (C=O) groups is 2. The van der Waals surface area contributed by atoms with Crippen molar-refractivity contribution >= 4 is 74.2 Å². The Kier molecular flexibility index (Phi) is 8.71. The zero-order chi connectivity index (χ0) is 24.9. The molecule has 4 rings (SSSR count). The van der Waals surface area contributed by atoms with Crippen LogP contribution in [-0.4, -0.2) is 22.7 Å². The molecule has 1 aliphatic heterocycles. The standard InChI is InChI=1S/C26H20FI2NO4S/c1-2-33-22-12-18(11-21(29)24(22)34-15-17-3-7-19(27)8-4-17)13-23-25(31)30(26(32)35-23)14-16-5-9-20(28)10-6-16/h3-13H,2,14-15H2,1H3/b23-13-. The molecule has 1 aliphatic rings.